The van der Waals surface area contributed by atoms with Crippen LogP contribution < -0.4 is 0 Å². The Hall–Kier alpha value is -0.900. The zero-order chi connectivity index (χ0) is 14.4. The molecule has 1 fully saturated rings. The molecular formula is C17H28N2O. The maximum atomic E-state index is 9.80. The van der Waals surface area contributed by atoms with Gasteiger partial charge in [0.2, 0.25) is 0 Å². The van der Waals surface area contributed by atoms with E-state index >= 15 is 0 Å². The first-order valence-electron chi connectivity index (χ1n) is 7.83. The van der Waals surface area contributed by atoms with Crippen LogP contribution in [0.2, 0.25) is 0 Å². The van der Waals surface area contributed by atoms with Crippen LogP contribution in [0, 0.1) is 0 Å². The summed E-state index contributed by atoms with van der Waals surface area (Å²) in [5, 5.41) is 9.80. The second-order valence-corrected chi connectivity index (χ2v) is 6.02. The van der Waals surface area contributed by atoms with E-state index in [0.29, 0.717) is 6.04 Å². The first kappa shape index (κ1) is 15.5. The van der Waals surface area contributed by atoms with Gasteiger partial charge in [-0.25, -0.2) is 0 Å². The first-order chi connectivity index (χ1) is 9.69. The topological polar surface area (TPSA) is 26.7 Å². The number of aliphatic hydroxyl groups excluding tert-OH is 1. The predicted octanol–water partition coefficient (Wildman–Crippen LogP) is 2.35. The molecular weight excluding hydrogens is 248 g/mol. The standard InChI is InChI=1S/C17H28N2O/c1-3-17(20)14-18(2)16-10-7-11-19(13-16)12-15-8-5-4-6-9-15/h4-6,8-9,16-17,20H,3,7,10-14H2,1-2H3. The molecule has 1 aliphatic rings. The van der Waals surface area contributed by atoms with Crippen LogP contribution in [0.25, 0.3) is 0 Å². The van der Waals surface area contributed by atoms with E-state index in [9.17, 15) is 5.11 Å². The van der Waals surface area contributed by atoms with E-state index in [2.05, 4.69) is 47.2 Å². The maximum Gasteiger partial charge on any atom is 0.0664 e. The molecule has 0 bridgehead atoms. The largest absolute Gasteiger partial charge is 0.392 e. The van der Waals surface area contributed by atoms with Crippen molar-refractivity contribution in [3.8, 4) is 0 Å². The van der Waals surface area contributed by atoms with Crippen LogP contribution >= 0.6 is 0 Å². The van der Waals surface area contributed by atoms with Gasteiger partial charge in [-0.2, -0.15) is 0 Å². The molecule has 2 unspecified atom stereocenters. The van der Waals surface area contributed by atoms with Gasteiger partial charge >= 0.3 is 0 Å². The van der Waals surface area contributed by atoms with Gasteiger partial charge in [0.25, 0.3) is 0 Å². The SMILES string of the molecule is CCC(O)CN(C)C1CCCN(Cc2ccccc2)C1. The summed E-state index contributed by atoms with van der Waals surface area (Å²) in [6, 6.07) is 11.3. The van der Waals surface area contributed by atoms with Crippen molar-refractivity contribution in [3.05, 3.63) is 35.9 Å². The van der Waals surface area contributed by atoms with Gasteiger partial charge in [0.1, 0.15) is 0 Å². The van der Waals surface area contributed by atoms with Crippen molar-refractivity contribution < 1.29 is 5.11 Å². The number of likely N-dealkylation sites (N-methyl/N-ethyl adjacent to an activating group) is 1. The number of benzene rings is 1. The van der Waals surface area contributed by atoms with Crippen molar-refractivity contribution >= 4 is 0 Å². The van der Waals surface area contributed by atoms with Gasteiger partial charge in [-0.1, -0.05) is 37.3 Å². The summed E-state index contributed by atoms with van der Waals surface area (Å²) in [6.45, 7) is 6.18. The summed E-state index contributed by atoms with van der Waals surface area (Å²) in [5.41, 5.74) is 1.39. The van der Waals surface area contributed by atoms with Gasteiger partial charge in [0, 0.05) is 25.7 Å². The summed E-state index contributed by atoms with van der Waals surface area (Å²) < 4.78 is 0. The zero-order valence-corrected chi connectivity index (χ0v) is 12.8. The Morgan fingerprint density at radius 1 is 1.35 bits per heavy atom. The third-order valence-electron chi connectivity index (χ3n) is 4.32. The van der Waals surface area contributed by atoms with E-state index in [-0.39, 0.29) is 6.10 Å². The van der Waals surface area contributed by atoms with Crippen molar-refractivity contribution in [3.63, 3.8) is 0 Å². The third kappa shape index (κ3) is 4.58. The van der Waals surface area contributed by atoms with Crippen LogP contribution in [-0.4, -0.2) is 53.7 Å². The van der Waals surface area contributed by atoms with Crippen LogP contribution in [0.15, 0.2) is 30.3 Å². The Kier molecular flexibility index (Phi) is 6.02. The molecule has 112 valence electrons. The van der Waals surface area contributed by atoms with E-state index in [1.807, 2.05) is 6.92 Å². The zero-order valence-electron chi connectivity index (χ0n) is 12.8. The van der Waals surface area contributed by atoms with Gasteiger partial charge < -0.3 is 5.11 Å². The summed E-state index contributed by atoms with van der Waals surface area (Å²) in [7, 11) is 2.15. The van der Waals surface area contributed by atoms with Gasteiger partial charge in [0.05, 0.1) is 6.10 Å². The van der Waals surface area contributed by atoms with Gasteiger partial charge in [-0.05, 0) is 38.4 Å². The first-order valence-corrected chi connectivity index (χ1v) is 7.83. The summed E-state index contributed by atoms with van der Waals surface area (Å²) in [5.74, 6) is 0. The number of nitrogens with zero attached hydrogens (tertiary/aromatic N) is 2. The Balaban J connectivity index is 1.85. The van der Waals surface area contributed by atoms with Crippen molar-refractivity contribution in [2.75, 3.05) is 26.7 Å². The average Bonchev–Trinajstić information content (AvgIpc) is 2.48. The molecule has 1 aromatic carbocycles. The smallest absolute Gasteiger partial charge is 0.0664 e. The molecule has 1 aromatic rings. The van der Waals surface area contributed by atoms with Gasteiger partial charge in [-0.15, -0.1) is 0 Å². The summed E-state index contributed by atoms with van der Waals surface area (Å²) >= 11 is 0. The minimum atomic E-state index is -0.190. The van der Waals surface area contributed by atoms with Crippen LogP contribution in [-0.2, 0) is 6.54 Å². The van der Waals surface area contributed by atoms with E-state index in [1.165, 1.54) is 24.9 Å². The quantitative estimate of drug-likeness (QED) is 0.864. The monoisotopic (exact) mass is 276 g/mol. The van der Waals surface area contributed by atoms with Crippen molar-refractivity contribution in [1.29, 1.82) is 0 Å². The number of likely N-dealkylation sites (tertiary alicyclic amines) is 1. The molecule has 1 heterocycles. The van der Waals surface area contributed by atoms with Crippen molar-refractivity contribution in [2.24, 2.45) is 0 Å². The molecule has 0 spiro atoms. The molecule has 1 N–H and O–H groups in total. The molecule has 3 heteroatoms. The Bertz CT molecular complexity index is 382. The molecule has 1 aliphatic heterocycles. The third-order valence-corrected chi connectivity index (χ3v) is 4.32. The van der Waals surface area contributed by atoms with Crippen LogP contribution in [0.1, 0.15) is 31.7 Å². The van der Waals surface area contributed by atoms with E-state index in [0.717, 1.165) is 26.1 Å². The number of piperidine rings is 1. The fourth-order valence-corrected chi connectivity index (χ4v) is 2.99. The van der Waals surface area contributed by atoms with Crippen molar-refractivity contribution in [1.82, 2.24) is 9.80 Å². The normalized spacial score (nSPS) is 22.1. The molecule has 0 aromatic heterocycles. The lowest BCUT2D eigenvalue weighted by atomic mass is 10.0. The van der Waals surface area contributed by atoms with Crippen LogP contribution in [0.5, 0.6) is 0 Å². The number of aliphatic hydroxyl groups is 1. The Morgan fingerprint density at radius 3 is 2.80 bits per heavy atom. The van der Waals surface area contributed by atoms with Crippen molar-refractivity contribution in [2.45, 2.75) is 44.9 Å². The number of rotatable bonds is 6. The average molecular weight is 276 g/mol. The number of hydrogen-bond acceptors (Lipinski definition) is 3. The van der Waals surface area contributed by atoms with E-state index in [1.54, 1.807) is 0 Å². The fraction of sp³-hybridized carbons (Fsp3) is 0.647. The highest BCUT2D eigenvalue weighted by molar-refractivity contribution is 5.14. The summed E-state index contributed by atoms with van der Waals surface area (Å²) in [6.07, 6.45) is 3.15. The molecule has 0 aliphatic carbocycles. The molecule has 2 atom stereocenters. The number of hydrogen-bond donors (Lipinski definition) is 1. The minimum absolute atomic E-state index is 0.190. The molecule has 1 saturated heterocycles. The maximum absolute atomic E-state index is 9.80. The lowest BCUT2D eigenvalue weighted by Crippen LogP contribution is -2.48. The van der Waals surface area contributed by atoms with Crippen LogP contribution in [0.3, 0.4) is 0 Å². The van der Waals surface area contributed by atoms with Crippen LogP contribution in [0.4, 0.5) is 0 Å². The lowest BCUT2D eigenvalue weighted by Gasteiger charge is -2.38. The second kappa shape index (κ2) is 7.77. The predicted molar refractivity (Wildman–Crippen MR) is 83.7 cm³/mol. The molecule has 3 nitrogen and oxygen atoms in total. The fourth-order valence-electron chi connectivity index (χ4n) is 2.99. The van der Waals surface area contributed by atoms with E-state index in [4.69, 9.17) is 0 Å². The Labute approximate surface area is 123 Å². The molecule has 2 rings (SSSR count). The second-order valence-electron chi connectivity index (χ2n) is 6.02. The molecule has 20 heavy (non-hydrogen) atoms. The van der Waals surface area contributed by atoms with E-state index < -0.39 is 0 Å². The molecule has 0 amide bonds. The van der Waals surface area contributed by atoms with Gasteiger partial charge in [0.15, 0.2) is 0 Å². The molecule has 0 saturated carbocycles. The highest BCUT2D eigenvalue weighted by atomic mass is 16.3. The summed E-state index contributed by atoms with van der Waals surface area (Å²) in [4.78, 5) is 4.88. The highest BCUT2D eigenvalue weighted by Gasteiger charge is 2.24. The molecule has 0 radical (unpaired) electrons. The lowest BCUT2D eigenvalue weighted by molar-refractivity contribution is 0.0637. The van der Waals surface area contributed by atoms with Gasteiger partial charge in [-0.3, -0.25) is 9.80 Å². The minimum Gasteiger partial charge on any atom is -0.392 e. The Morgan fingerprint density at radius 2 is 2.10 bits per heavy atom. The highest BCUT2D eigenvalue weighted by Crippen LogP contribution is 2.17.